The Hall–Kier alpha value is -2.43. The zero-order chi connectivity index (χ0) is 18.1. The second-order valence-electron chi connectivity index (χ2n) is 6.44. The molecule has 0 bridgehead atoms. The first-order valence-electron chi connectivity index (χ1n) is 8.67. The van der Waals surface area contributed by atoms with Gasteiger partial charge < -0.3 is 9.64 Å². The molecule has 132 valence electrons. The van der Waals surface area contributed by atoms with Gasteiger partial charge in [0.1, 0.15) is 0 Å². The van der Waals surface area contributed by atoms with Crippen molar-refractivity contribution >= 4 is 28.4 Å². The number of pyridine rings is 1. The molecule has 4 rings (SSSR count). The third-order valence-corrected chi connectivity index (χ3v) is 4.96. The zero-order valence-corrected chi connectivity index (χ0v) is 15.3. The highest BCUT2D eigenvalue weighted by Crippen LogP contribution is 2.28. The van der Waals surface area contributed by atoms with Crippen LogP contribution < -0.4 is 0 Å². The predicted octanol–water partition coefficient (Wildman–Crippen LogP) is 4.34. The van der Waals surface area contributed by atoms with Gasteiger partial charge in [-0.3, -0.25) is 4.79 Å². The SMILES string of the molecule is Cc1cccc2c(C(=O)N3CCOCC3)cc(-c3ccc(Cl)cc3)nc12. The Kier molecular flexibility index (Phi) is 4.62. The molecule has 2 heterocycles. The molecule has 0 unspecified atom stereocenters. The normalized spacial score (nSPS) is 14.6. The number of halogens is 1. The van der Waals surface area contributed by atoms with Crippen LogP contribution in [0.3, 0.4) is 0 Å². The van der Waals surface area contributed by atoms with Crippen LogP contribution in [0, 0.1) is 6.92 Å². The summed E-state index contributed by atoms with van der Waals surface area (Å²) in [7, 11) is 0. The number of ether oxygens (including phenoxy) is 1. The molecule has 26 heavy (non-hydrogen) atoms. The predicted molar refractivity (Wildman–Crippen MR) is 104 cm³/mol. The van der Waals surface area contributed by atoms with Crippen LogP contribution in [0.1, 0.15) is 15.9 Å². The molecule has 1 saturated heterocycles. The number of aromatic nitrogens is 1. The van der Waals surface area contributed by atoms with Gasteiger partial charge in [0.2, 0.25) is 0 Å². The van der Waals surface area contributed by atoms with Gasteiger partial charge in [0.05, 0.1) is 30.0 Å². The third kappa shape index (κ3) is 3.18. The van der Waals surface area contributed by atoms with Gasteiger partial charge in [0.15, 0.2) is 0 Å². The molecule has 1 aromatic heterocycles. The number of hydrogen-bond acceptors (Lipinski definition) is 3. The molecular weight excluding hydrogens is 348 g/mol. The number of para-hydroxylation sites is 1. The molecule has 0 atom stereocenters. The summed E-state index contributed by atoms with van der Waals surface area (Å²) >= 11 is 6.01. The second kappa shape index (κ2) is 7.06. The Labute approximate surface area is 157 Å². The van der Waals surface area contributed by atoms with E-state index in [2.05, 4.69) is 0 Å². The van der Waals surface area contributed by atoms with E-state index >= 15 is 0 Å². The highest BCUT2D eigenvalue weighted by molar-refractivity contribution is 6.30. The molecule has 2 aromatic carbocycles. The lowest BCUT2D eigenvalue weighted by molar-refractivity contribution is 0.0304. The van der Waals surface area contributed by atoms with Gasteiger partial charge in [0, 0.05) is 29.1 Å². The van der Waals surface area contributed by atoms with Crippen molar-refractivity contribution in [2.24, 2.45) is 0 Å². The summed E-state index contributed by atoms with van der Waals surface area (Å²) in [5.74, 6) is 0.0292. The third-order valence-electron chi connectivity index (χ3n) is 4.71. The Morgan fingerprint density at radius 3 is 2.58 bits per heavy atom. The maximum atomic E-state index is 13.2. The van der Waals surface area contributed by atoms with E-state index in [0.717, 1.165) is 27.7 Å². The summed E-state index contributed by atoms with van der Waals surface area (Å²) in [5, 5.41) is 1.56. The summed E-state index contributed by atoms with van der Waals surface area (Å²) < 4.78 is 5.38. The van der Waals surface area contributed by atoms with Crippen LogP contribution in [0.4, 0.5) is 0 Å². The molecule has 0 radical (unpaired) electrons. The van der Waals surface area contributed by atoms with Gasteiger partial charge in [-0.1, -0.05) is 41.9 Å². The van der Waals surface area contributed by atoms with Crippen molar-refractivity contribution < 1.29 is 9.53 Å². The van der Waals surface area contributed by atoms with Gasteiger partial charge in [-0.25, -0.2) is 4.98 Å². The Bertz CT molecular complexity index is 964. The summed E-state index contributed by atoms with van der Waals surface area (Å²) in [6.45, 7) is 4.41. The molecule has 1 amide bonds. The second-order valence-corrected chi connectivity index (χ2v) is 6.87. The van der Waals surface area contributed by atoms with Crippen molar-refractivity contribution in [1.82, 2.24) is 9.88 Å². The van der Waals surface area contributed by atoms with Crippen LogP contribution in [0.5, 0.6) is 0 Å². The van der Waals surface area contributed by atoms with E-state index in [1.807, 2.05) is 60.4 Å². The maximum absolute atomic E-state index is 13.2. The Morgan fingerprint density at radius 1 is 1.12 bits per heavy atom. The molecule has 1 aliphatic rings. The number of carbonyl (C=O) groups is 1. The molecule has 0 N–H and O–H groups in total. The monoisotopic (exact) mass is 366 g/mol. The lowest BCUT2D eigenvalue weighted by Gasteiger charge is -2.27. The Morgan fingerprint density at radius 2 is 1.85 bits per heavy atom. The first kappa shape index (κ1) is 17.0. The van der Waals surface area contributed by atoms with Crippen LogP contribution in [-0.2, 0) is 4.74 Å². The molecule has 0 spiro atoms. The number of benzene rings is 2. The number of amides is 1. The van der Waals surface area contributed by atoms with Gasteiger partial charge in [-0.05, 0) is 30.7 Å². The topological polar surface area (TPSA) is 42.4 Å². The van der Waals surface area contributed by atoms with E-state index in [-0.39, 0.29) is 5.91 Å². The van der Waals surface area contributed by atoms with Crippen molar-refractivity contribution in [2.75, 3.05) is 26.3 Å². The highest BCUT2D eigenvalue weighted by atomic mass is 35.5. The van der Waals surface area contributed by atoms with E-state index in [9.17, 15) is 4.79 Å². The largest absolute Gasteiger partial charge is 0.378 e. The number of rotatable bonds is 2. The van der Waals surface area contributed by atoms with Crippen LogP contribution in [0.15, 0.2) is 48.5 Å². The van der Waals surface area contributed by atoms with Crippen LogP contribution in [0.25, 0.3) is 22.2 Å². The summed E-state index contributed by atoms with van der Waals surface area (Å²) in [6, 6.07) is 15.4. The first-order valence-corrected chi connectivity index (χ1v) is 9.04. The fourth-order valence-corrected chi connectivity index (χ4v) is 3.40. The van der Waals surface area contributed by atoms with E-state index in [4.69, 9.17) is 21.3 Å². The zero-order valence-electron chi connectivity index (χ0n) is 14.5. The summed E-state index contributed by atoms with van der Waals surface area (Å²) in [6.07, 6.45) is 0. The number of fused-ring (bicyclic) bond motifs is 1. The highest BCUT2D eigenvalue weighted by Gasteiger charge is 2.22. The minimum absolute atomic E-state index is 0.0292. The molecular formula is C21H19ClN2O2. The van der Waals surface area contributed by atoms with Crippen LogP contribution in [0.2, 0.25) is 5.02 Å². The van der Waals surface area contributed by atoms with Crippen molar-refractivity contribution in [3.63, 3.8) is 0 Å². The number of aryl methyl sites for hydroxylation is 1. The smallest absolute Gasteiger partial charge is 0.254 e. The minimum Gasteiger partial charge on any atom is -0.378 e. The van der Waals surface area contributed by atoms with E-state index in [1.165, 1.54) is 0 Å². The lowest BCUT2D eigenvalue weighted by Crippen LogP contribution is -2.40. The van der Waals surface area contributed by atoms with Gasteiger partial charge in [-0.15, -0.1) is 0 Å². The molecule has 3 aromatic rings. The van der Waals surface area contributed by atoms with Gasteiger partial charge >= 0.3 is 0 Å². The molecule has 0 aliphatic carbocycles. The fraction of sp³-hybridized carbons (Fsp3) is 0.238. The average molecular weight is 367 g/mol. The number of carbonyl (C=O) groups excluding carboxylic acids is 1. The fourth-order valence-electron chi connectivity index (χ4n) is 3.27. The minimum atomic E-state index is 0.0292. The molecule has 1 fully saturated rings. The number of nitrogens with zero attached hydrogens (tertiary/aromatic N) is 2. The first-order chi connectivity index (χ1) is 12.6. The van der Waals surface area contributed by atoms with Crippen molar-refractivity contribution in [3.8, 4) is 11.3 Å². The molecule has 5 heteroatoms. The summed E-state index contributed by atoms with van der Waals surface area (Å²) in [4.78, 5) is 19.9. The Balaban J connectivity index is 1.88. The standard InChI is InChI=1S/C21H19ClN2O2/c1-14-3-2-4-17-18(21(25)24-9-11-26-12-10-24)13-19(23-20(14)17)15-5-7-16(22)8-6-15/h2-8,13H,9-12H2,1H3. The van der Waals surface area contributed by atoms with Crippen LogP contribution in [-0.4, -0.2) is 42.1 Å². The van der Waals surface area contributed by atoms with Crippen molar-refractivity contribution in [3.05, 3.63) is 64.7 Å². The van der Waals surface area contributed by atoms with Crippen molar-refractivity contribution in [2.45, 2.75) is 6.92 Å². The molecule has 0 saturated carbocycles. The number of hydrogen-bond donors (Lipinski definition) is 0. The number of morpholine rings is 1. The van der Waals surface area contributed by atoms with Crippen molar-refractivity contribution in [1.29, 1.82) is 0 Å². The van der Waals surface area contributed by atoms with Gasteiger partial charge in [-0.2, -0.15) is 0 Å². The lowest BCUT2D eigenvalue weighted by atomic mass is 10.0. The van der Waals surface area contributed by atoms with E-state index in [0.29, 0.717) is 36.9 Å². The van der Waals surface area contributed by atoms with Crippen LogP contribution >= 0.6 is 11.6 Å². The molecule has 1 aliphatic heterocycles. The average Bonchev–Trinajstić information content (AvgIpc) is 2.68. The van der Waals surface area contributed by atoms with Gasteiger partial charge in [0.25, 0.3) is 5.91 Å². The quantitative estimate of drug-likeness (QED) is 0.677. The molecule has 4 nitrogen and oxygen atoms in total. The summed E-state index contributed by atoms with van der Waals surface area (Å²) in [5.41, 5.74) is 4.31. The maximum Gasteiger partial charge on any atom is 0.254 e. The van der Waals surface area contributed by atoms with E-state index in [1.54, 1.807) is 0 Å². The van der Waals surface area contributed by atoms with E-state index < -0.39 is 0 Å².